The van der Waals surface area contributed by atoms with E-state index in [2.05, 4.69) is 9.98 Å². The van der Waals surface area contributed by atoms with Crippen molar-refractivity contribution in [2.24, 2.45) is 10.7 Å². The molecule has 0 saturated carbocycles. The summed E-state index contributed by atoms with van der Waals surface area (Å²) in [5, 5.41) is 3.83. The molecule has 8 heteroatoms. The van der Waals surface area contributed by atoms with Gasteiger partial charge in [-0.25, -0.2) is 4.98 Å². The first kappa shape index (κ1) is 16.6. The van der Waals surface area contributed by atoms with Gasteiger partial charge in [0.15, 0.2) is 9.51 Å². The number of nitrogens with two attached hydrogens (primary N) is 2. The Morgan fingerprint density at radius 3 is 2.95 bits per heavy atom. The summed E-state index contributed by atoms with van der Waals surface area (Å²) in [6.45, 7) is 1.86. The molecular formula is C14H14N4OS3. The predicted molar refractivity (Wildman–Crippen MR) is 95.4 cm³/mol. The molecule has 0 spiro atoms. The number of carbonyl (C=O) groups excluding carboxylic acids is 1. The molecule has 1 aromatic heterocycles. The third kappa shape index (κ3) is 4.62. The number of hydrogen-bond acceptors (Lipinski definition) is 6. The Labute approximate surface area is 140 Å². The lowest BCUT2D eigenvalue weighted by molar-refractivity contribution is 0.100. The molecule has 0 fully saturated rings. The Morgan fingerprint density at radius 1 is 1.45 bits per heavy atom. The number of allylic oxidation sites excluding steroid dienone is 1. The van der Waals surface area contributed by atoms with Crippen LogP contribution in [0.4, 0.5) is 5.69 Å². The Kier molecular flexibility index (Phi) is 6.05. The van der Waals surface area contributed by atoms with E-state index in [4.69, 9.17) is 11.5 Å². The fraction of sp³-hybridized carbons (Fsp3) is 0.0714. The molecule has 1 heterocycles. The van der Waals surface area contributed by atoms with Crippen molar-refractivity contribution in [3.8, 4) is 0 Å². The number of aliphatic imine (C=N–C) groups is 1. The van der Waals surface area contributed by atoms with Crippen molar-refractivity contribution in [2.45, 2.75) is 16.2 Å². The minimum Gasteiger partial charge on any atom is -0.398 e. The number of benzene rings is 1. The van der Waals surface area contributed by atoms with Crippen LogP contribution in [-0.4, -0.2) is 16.1 Å². The molecule has 0 radical (unpaired) electrons. The van der Waals surface area contributed by atoms with Crippen molar-refractivity contribution in [3.63, 3.8) is 0 Å². The van der Waals surface area contributed by atoms with E-state index in [0.717, 1.165) is 9.24 Å². The number of amides is 1. The van der Waals surface area contributed by atoms with Gasteiger partial charge in [-0.05, 0) is 30.5 Å². The van der Waals surface area contributed by atoms with Crippen molar-refractivity contribution in [2.75, 3.05) is 5.73 Å². The number of nitrogens with zero attached hydrogens (tertiary/aromatic N) is 2. The number of aromatic nitrogens is 1. The summed E-state index contributed by atoms with van der Waals surface area (Å²) in [6.07, 6.45) is 3.55. The standard InChI is InChI=1S/C14H14N4OS3/c1-2-6-20-13(16)18-12(19)10-8-9(3-4-11(10)15)22-14-17-5-7-21-14/h2-8H,15H2,1H3,(H2,16,18,19)/b6-2+. The molecule has 1 amide bonds. The SMILES string of the molecule is C/C=C/SC(N)=NC(=O)c1cc(Sc2nccs2)ccc1N. The van der Waals surface area contributed by atoms with Gasteiger partial charge in [0.05, 0.1) is 5.56 Å². The van der Waals surface area contributed by atoms with Crippen LogP contribution in [0.25, 0.3) is 0 Å². The van der Waals surface area contributed by atoms with Gasteiger partial charge in [-0.1, -0.05) is 29.6 Å². The number of amidine groups is 1. The summed E-state index contributed by atoms with van der Waals surface area (Å²) in [5.41, 5.74) is 12.3. The molecule has 0 unspecified atom stereocenters. The van der Waals surface area contributed by atoms with Crippen molar-refractivity contribution < 1.29 is 4.79 Å². The van der Waals surface area contributed by atoms with Gasteiger partial charge in [-0.2, -0.15) is 4.99 Å². The maximum atomic E-state index is 12.2. The average molecular weight is 350 g/mol. The number of hydrogen-bond donors (Lipinski definition) is 2. The quantitative estimate of drug-likeness (QED) is 0.497. The maximum Gasteiger partial charge on any atom is 0.281 e. The first-order chi connectivity index (χ1) is 10.6. The second-order valence-electron chi connectivity index (χ2n) is 3.99. The highest BCUT2D eigenvalue weighted by molar-refractivity contribution is 8.16. The maximum absolute atomic E-state index is 12.2. The van der Waals surface area contributed by atoms with Crippen LogP contribution in [0.5, 0.6) is 0 Å². The zero-order valence-electron chi connectivity index (χ0n) is 11.7. The molecule has 22 heavy (non-hydrogen) atoms. The third-order valence-corrected chi connectivity index (χ3v) is 5.02. The summed E-state index contributed by atoms with van der Waals surface area (Å²) >= 11 is 4.19. The van der Waals surface area contributed by atoms with Crippen LogP contribution in [0, 0.1) is 0 Å². The van der Waals surface area contributed by atoms with Crippen LogP contribution >= 0.6 is 34.9 Å². The number of carbonyl (C=O) groups is 1. The first-order valence-corrected chi connectivity index (χ1v) is 8.81. The molecule has 0 aliphatic rings. The molecule has 1 aromatic carbocycles. The molecular weight excluding hydrogens is 336 g/mol. The number of thiazole rings is 1. The monoisotopic (exact) mass is 350 g/mol. The number of anilines is 1. The van der Waals surface area contributed by atoms with E-state index in [-0.39, 0.29) is 5.17 Å². The van der Waals surface area contributed by atoms with Gasteiger partial charge in [-0.3, -0.25) is 4.79 Å². The Bertz CT molecular complexity index is 711. The van der Waals surface area contributed by atoms with Crippen LogP contribution in [0.3, 0.4) is 0 Å². The summed E-state index contributed by atoms with van der Waals surface area (Å²) in [6, 6.07) is 5.24. The largest absolute Gasteiger partial charge is 0.398 e. The third-order valence-electron chi connectivity index (χ3n) is 2.41. The molecule has 0 atom stereocenters. The van der Waals surface area contributed by atoms with Crippen molar-refractivity contribution >= 4 is 51.6 Å². The zero-order chi connectivity index (χ0) is 15.9. The summed E-state index contributed by atoms with van der Waals surface area (Å²) < 4.78 is 0.898. The average Bonchev–Trinajstić information content (AvgIpc) is 3.00. The van der Waals surface area contributed by atoms with E-state index in [9.17, 15) is 4.79 Å². The van der Waals surface area contributed by atoms with Crippen LogP contribution in [-0.2, 0) is 0 Å². The highest BCUT2D eigenvalue weighted by Gasteiger charge is 2.12. The molecule has 4 N–H and O–H groups in total. The van der Waals surface area contributed by atoms with Gasteiger partial charge < -0.3 is 11.5 Å². The van der Waals surface area contributed by atoms with E-state index >= 15 is 0 Å². The topological polar surface area (TPSA) is 94.4 Å². The highest BCUT2D eigenvalue weighted by atomic mass is 32.2. The predicted octanol–water partition coefficient (Wildman–Crippen LogP) is 3.60. The Hall–Kier alpha value is -1.77. The van der Waals surface area contributed by atoms with Gasteiger partial charge in [0.1, 0.15) is 0 Å². The molecule has 5 nitrogen and oxygen atoms in total. The lowest BCUT2D eigenvalue weighted by Crippen LogP contribution is -2.10. The number of nitrogen functional groups attached to an aromatic ring is 1. The molecule has 2 rings (SSSR count). The highest BCUT2D eigenvalue weighted by Crippen LogP contribution is 2.31. The molecule has 0 saturated heterocycles. The Balaban J connectivity index is 2.20. The van der Waals surface area contributed by atoms with Crippen molar-refractivity contribution in [1.29, 1.82) is 0 Å². The summed E-state index contributed by atoms with van der Waals surface area (Å²) in [4.78, 5) is 21.1. The molecule has 0 aliphatic heterocycles. The summed E-state index contributed by atoms with van der Waals surface area (Å²) in [5.74, 6) is -0.450. The molecule has 0 bridgehead atoms. The van der Waals surface area contributed by atoms with E-state index in [0.29, 0.717) is 11.3 Å². The van der Waals surface area contributed by atoms with Gasteiger partial charge >= 0.3 is 0 Å². The van der Waals surface area contributed by atoms with Crippen LogP contribution in [0.1, 0.15) is 17.3 Å². The zero-order valence-corrected chi connectivity index (χ0v) is 14.2. The minimum atomic E-state index is -0.450. The fourth-order valence-corrected chi connectivity index (χ4v) is 3.52. The number of rotatable bonds is 4. The normalized spacial score (nSPS) is 12.0. The fourth-order valence-electron chi connectivity index (χ4n) is 1.47. The van der Waals surface area contributed by atoms with E-state index < -0.39 is 5.91 Å². The van der Waals surface area contributed by atoms with Gasteiger partial charge in [0, 0.05) is 22.2 Å². The Morgan fingerprint density at radius 2 is 2.27 bits per heavy atom. The second kappa shape index (κ2) is 8.02. The van der Waals surface area contributed by atoms with E-state index in [1.165, 1.54) is 34.9 Å². The second-order valence-corrected chi connectivity index (χ2v) is 7.13. The minimum absolute atomic E-state index is 0.181. The number of thioether (sulfide) groups is 1. The van der Waals surface area contributed by atoms with Crippen LogP contribution < -0.4 is 11.5 Å². The lowest BCUT2D eigenvalue weighted by Gasteiger charge is -2.05. The van der Waals surface area contributed by atoms with Crippen LogP contribution in [0.15, 0.2) is 55.5 Å². The first-order valence-electron chi connectivity index (χ1n) is 6.23. The molecule has 2 aromatic rings. The molecule has 114 valence electrons. The van der Waals surface area contributed by atoms with Gasteiger partial charge in [0.2, 0.25) is 0 Å². The van der Waals surface area contributed by atoms with Crippen molar-refractivity contribution in [3.05, 3.63) is 46.8 Å². The van der Waals surface area contributed by atoms with Crippen molar-refractivity contribution in [1.82, 2.24) is 4.98 Å². The summed E-state index contributed by atoms with van der Waals surface area (Å²) in [7, 11) is 0. The van der Waals surface area contributed by atoms with Gasteiger partial charge in [0.25, 0.3) is 5.91 Å². The van der Waals surface area contributed by atoms with E-state index in [1.807, 2.05) is 24.4 Å². The van der Waals surface area contributed by atoms with E-state index in [1.54, 1.807) is 23.7 Å². The lowest BCUT2D eigenvalue weighted by atomic mass is 10.2. The van der Waals surface area contributed by atoms with Gasteiger partial charge in [-0.15, -0.1) is 11.3 Å². The van der Waals surface area contributed by atoms with Crippen LogP contribution in [0.2, 0.25) is 0 Å². The smallest absolute Gasteiger partial charge is 0.281 e. The molecule has 0 aliphatic carbocycles.